The highest BCUT2D eigenvalue weighted by Crippen LogP contribution is 2.57. The van der Waals surface area contributed by atoms with Crippen molar-refractivity contribution in [3.05, 3.63) is 62.9 Å². The number of aromatic nitrogens is 2. The molecule has 0 radical (unpaired) electrons. The first-order valence-electron chi connectivity index (χ1n) is 12.9. The van der Waals surface area contributed by atoms with Crippen LogP contribution in [0.3, 0.4) is 0 Å². The third-order valence-corrected chi connectivity index (χ3v) is 9.17. The van der Waals surface area contributed by atoms with Crippen molar-refractivity contribution < 1.29 is 76.8 Å². The number of aliphatic hydroxyl groups excluding tert-OH is 5. The molecule has 250 valence electrons. The molecular weight excluding hydrogens is 654 g/mol. The van der Waals surface area contributed by atoms with Gasteiger partial charge in [0.25, 0.3) is 21.2 Å². The predicted molar refractivity (Wildman–Crippen MR) is 139 cm³/mol. The molecule has 0 saturated carbocycles. The number of benzene rings is 1. The summed E-state index contributed by atoms with van der Waals surface area (Å²) >= 11 is 0. The summed E-state index contributed by atoms with van der Waals surface area (Å²) in [5.74, 6) is -0.0170. The molecule has 0 spiro atoms. The van der Waals surface area contributed by atoms with Crippen LogP contribution in [0.25, 0.3) is 0 Å². The van der Waals surface area contributed by atoms with Gasteiger partial charge in [0.15, 0.2) is 18.3 Å². The minimum absolute atomic E-state index is 0.192. The lowest BCUT2D eigenvalue weighted by molar-refractivity contribution is -0.304. The lowest BCUT2D eigenvalue weighted by Crippen LogP contribution is -2.59. The summed E-state index contributed by atoms with van der Waals surface area (Å²) in [6.07, 6.45) is -15.9. The Kier molecular flexibility index (Phi) is 11.0. The van der Waals surface area contributed by atoms with Gasteiger partial charge in [0, 0.05) is 17.8 Å². The van der Waals surface area contributed by atoms with Crippen molar-refractivity contribution in [1.29, 1.82) is 0 Å². The molecule has 1 aromatic heterocycles. The Hall–Kier alpha value is -2.65. The summed E-state index contributed by atoms with van der Waals surface area (Å²) in [6, 6.07) is 6.63. The Morgan fingerprint density at radius 1 is 0.889 bits per heavy atom. The number of nitrogens with one attached hydrogen (secondary N) is 1. The van der Waals surface area contributed by atoms with Crippen molar-refractivity contribution in [3.8, 4) is 5.75 Å². The molecule has 22 heteroatoms. The van der Waals surface area contributed by atoms with Gasteiger partial charge in [0.1, 0.15) is 55.1 Å². The second-order valence-electron chi connectivity index (χ2n) is 9.85. The van der Waals surface area contributed by atoms with Gasteiger partial charge in [-0.1, -0.05) is 0 Å². The first kappa shape index (κ1) is 35.2. The average Bonchev–Trinajstić information content (AvgIpc) is 3.24. The van der Waals surface area contributed by atoms with E-state index in [9.17, 15) is 58.8 Å². The summed E-state index contributed by atoms with van der Waals surface area (Å²) in [5.41, 5.74) is -1.41. The Balaban J connectivity index is 1.34. The van der Waals surface area contributed by atoms with E-state index in [4.69, 9.17) is 14.2 Å². The first-order valence-corrected chi connectivity index (χ1v) is 15.8. The van der Waals surface area contributed by atoms with E-state index in [1.807, 2.05) is 4.98 Å². The average molecular weight is 682 g/mol. The molecular formula is C23H28N2O18P2-2. The number of hydrogen-bond donors (Lipinski definition) is 6. The lowest BCUT2D eigenvalue weighted by Gasteiger charge is -2.42. The monoisotopic (exact) mass is 682 g/mol. The molecule has 4 rings (SSSR count). The maximum atomic E-state index is 12.4. The molecule has 3 heterocycles. The van der Waals surface area contributed by atoms with Crippen molar-refractivity contribution in [3.63, 3.8) is 0 Å². The summed E-state index contributed by atoms with van der Waals surface area (Å²) in [4.78, 5) is 61.2. The van der Waals surface area contributed by atoms with Gasteiger partial charge in [0.2, 0.25) is 0 Å². The first-order chi connectivity index (χ1) is 21.0. The number of phosphoric acid groups is 2. The molecule has 2 saturated heterocycles. The number of hydrogen-bond acceptors (Lipinski definition) is 18. The van der Waals surface area contributed by atoms with Crippen molar-refractivity contribution in [2.75, 3.05) is 13.2 Å². The summed E-state index contributed by atoms with van der Waals surface area (Å²) < 4.78 is 54.1. The number of Topliss-reactive ketones (excluding diaryl/α,β-unsaturated/α-hetero) is 1. The SMILES string of the molecule is CC(=O)c1ccc(OC[C@H]2OC(OP(=O)([O-])OP(=O)([O-])OC[C@H]3O[C@@H](n4ccc(=O)[nH]c4=O)C(O)[C@H]3O)[C@H](O)[C@@H](O)[C@H]2O)cc1. The molecule has 45 heavy (non-hydrogen) atoms. The Labute approximate surface area is 252 Å². The second-order valence-corrected chi connectivity index (χ2v) is 12.8. The normalized spacial score (nSPS) is 32.8. The highest BCUT2D eigenvalue weighted by atomic mass is 31.3. The fraction of sp³-hybridized carbons (Fsp3) is 0.522. The summed E-state index contributed by atoms with van der Waals surface area (Å²) in [6.45, 7) is -0.310. The highest BCUT2D eigenvalue weighted by Gasteiger charge is 2.47. The molecule has 2 aliphatic rings. The fourth-order valence-corrected chi connectivity index (χ4v) is 6.37. The Morgan fingerprint density at radius 2 is 1.51 bits per heavy atom. The van der Waals surface area contributed by atoms with Gasteiger partial charge in [-0.05, 0) is 31.2 Å². The molecule has 2 fully saturated rings. The molecule has 1 aromatic carbocycles. The van der Waals surface area contributed by atoms with Crippen LogP contribution >= 0.6 is 15.6 Å². The summed E-state index contributed by atoms with van der Waals surface area (Å²) in [5, 5.41) is 51.0. The van der Waals surface area contributed by atoms with Gasteiger partial charge >= 0.3 is 5.69 Å². The van der Waals surface area contributed by atoms with E-state index in [0.717, 1.165) is 12.3 Å². The number of phosphoric ester groups is 2. The van der Waals surface area contributed by atoms with Crippen molar-refractivity contribution in [2.24, 2.45) is 0 Å². The molecule has 0 aliphatic carbocycles. The van der Waals surface area contributed by atoms with Gasteiger partial charge in [-0.3, -0.25) is 32.8 Å². The number of H-pyrrole nitrogens is 1. The molecule has 11 atom stereocenters. The maximum Gasteiger partial charge on any atom is 0.330 e. The molecule has 0 bridgehead atoms. The minimum atomic E-state index is -5.98. The number of carbonyl (C=O) groups is 1. The minimum Gasteiger partial charge on any atom is -0.756 e. The van der Waals surface area contributed by atoms with Crippen molar-refractivity contribution in [1.82, 2.24) is 9.55 Å². The lowest BCUT2D eigenvalue weighted by atomic mass is 9.99. The second kappa shape index (κ2) is 14.0. The van der Waals surface area contributed by atoms with Crippen LogP contribution in [0.15, 0.2) is 46.1 Å². The van der Waals surface area contributed by atoms with Crippen LogP contribution in [0.2, 0.25) is 0 Å². The van der Waals surface area contributed by atoms with Crippen LogP contribution in [0.5, 0.6) is 5.75 Å². The third-order valence-electron chi connectivity index (χ3n) is 6.64. The Bertz CT molecular complexity index is 1560. The zero-order chi connectivity index (χ0) is 33.3. The van der Waals surface area contributed by atoms with Gasteiger partial charge in [-0.25, -0.2) is 9.11 Å². The van der Waals surface area contributed by atoms with Crippen molar-refractivity contribution >= 4 is 21.4 Å². The van der Waals surface area contributed by atoms with Crippen LogP contribution in [-0.2, 0) is 32.0 Å². The molecule has 2 aromatic rings. The van der Waals surface area contributed by atoms with Gasteiger partial charge in [-0.15, -0.1) is 0 Å². The van der Waals surface area contributed by atoms with Crippen LogP contribution in [0.4, 0.5) is 0 Å². The third kappa shape index (κ3) is 8.59. The van der Waals surface area contributed by atoms with E-state index in [1.54, 1.807) is 0 Å². The number of carbonyl (C=O) groups excluding carboxylic acids is 1. The Morgan fingerprint density at radius 3 is 2.13 bits per heavy atom. The van der Waals surface area contributed by atoms with Crippen LogP contribution in [0, 0.1) is 0 Å². The number of ether oxygens (including phenoxy) is 3. The zero-order valence-electron chi connectivity index (χ0n) is 23.0. The number of ketones is 1. The predicted octanol–water partition coefficient (Wildman–Crippen LogP) is -3.77. The molecule has 6 N–H and O–H groups in total. The van der Waals surface area contributed by atoms with Crippen LogP contribution in [-0.4, -0.2) is 103 Å². The van der Waals surface area contributed by atoms with Gasteiger partial charge < -0.3 is 54.1 Å². The number of aromatic amines is 1. The van der Waals surface area contributed by atoms with Crippen LogP contribution in [0.1, 0.15) is 23.5 Å². The molecule has 0 amide bonds. The fourth-order valence-electron chi connectivity index (χ4n) is 4.29. The largest absolute Gasteiger partial charge is 0.756 e. The number of nitrogens with zero attached hydrogens (tertiary/aromatic N) is 1. The number of aliphatic hydroxyl groups is 5. The van der Waals surface area contributed by atoms with Crippen LogP contribution < -0.4 is 25.8 Å². The maximum absolute atomic E-state index is 12.4. The zero-order valence-corrected chi connectivity index (χ0v) is 24.7. The molecule has 4 unspecified atom stereocenters. The summed E-state index contributed by atoms with van der Waals surface area (Å²) in [7, 11) is -11.8. The van der Waals surface area contributed by atoms with Gasteiger partial charge in [0.05, 0.1) is 6.61 Å². The van der Waals surface area contributed by atoms with Crippen molar-refractivity contribution in [2.45, 2.75) is 62.2 Å². The van der Waals surface area contributed by atoms with E-state index < -0.39 is 95.4 Å². The van der Waals surface area contributed by atoms with Gasteiger partial charge in [-0.2, -0.15) is 0 Å². The van der Waals surface area contributed by atoms with E-state index in [2.05, 4.69) is 13.4 Å². The number of rotatable bonds is 12. The highest BCUT2D eigenvalue weighted by molar-refractivity contribution is 7.59. The van der Waals surface area contributed by atoms with E-state index in [1.165, 1.54) is 31.2 Å². The smallest absolute Gasteiger partial charge is 0.330 e. The van der Waals surface area contributed by atoms with E-state index in [-0.39, 0.29) is 11.5 Å². The van der Waals surface area contributed by atoms with E-state index in [0.29, 0.717) is 10.1 Å². The van der Waals surface area contributed by atoms with E-state index >= 15 is 0 Å². The topological polar surface area (TPSA) is 309 Å². The quantitative estimate of drug-likeness (QED) is 0.0924. The molecule has 20 nitrogen and oxygen atoms in total. The standard InChI is InChI=1S/C23H30N2O18P2/c1-10(26)11-2-4-12(5-3-11)38-8-13-16(28)18(30)20(32)22(41-13)42-45(36,37)43-44(34,35)39-9-14-17(29)19(31)21(40-14)25-7-6-15(27)24-23(25)33/h2-7,13-14,16-22,28-32H,8-9H2,1H3,(H,34,35)(H,36,37)(H,24,27,33)/p-2/t13-,14-,16+,17+,18+,19?,20-,21-,22?/m1/s1. The molecule has 2 aliphatic heterocycles.